The van der Waals surface area contributed by atoms with Gasteiger partial charge in [-0.15, -0.1) is 0 Å². The number of aromatic nitrogens is 2. The number of benzene rings is 1. The van der Waals surface area contributed by atoms with Gasteiger partial charge in [0.25, 0.3) is 0 Å². The summed E-state index contributed by atoms with van der Waals surface area (Å²) in [6, 6.07) is 7.74. The minimum atomic E-state index is 0.749. The summed E-state index contributed by atoms with van der Waals surface area (Å²) in [5.41, 5.74) is 2.16. The summed E-state index contributed by atoms with van der Waals surface area (Å²) in [6.07, 6.45) is 3.60. The highest BCUT2D eigenvalue weighted by atomic mass is 35.5. The quantitative estimate of drug-likeness (QED) is 0.680. The Morgan fingerprint density at radius 3 is 2.85 bits per heavy atom. The van der Waals surface area contributed by atoms with Crippen molar-refractivity contribution in [1.29, 1.82) is 0 Å². The largest absolute Gasteiger partial charge is 0.334 e. The topological polar surface area (TPSA) is 17.8 Å². The fourth-order valence-corrected chi connectivity index (χ4v) is 1.47. The maximum absolute atomic E-state index is 5.88. The van der Waals surface area contributed by atoms with Gasteiger partial charge in [0.2, 0.25) is 0 Å². The van der Waals surface area contributed by atoms with Crippen LogP contribution in [0.15, 0.2) is 36.8 Å². The number of aryl methyl sites for hydroxylation is 1. The lowest BCUT2D eigenvalue weighted by Crippen LogP contribution is -1.88. The smallest absolute Gasteiger partial charge is 0.0948 e. The van der Waals surface area contributed by atoms with Crippen molar-refractivity contribution in [2.75, 3.05) is 0 Å². The maximum atomic E-state index is 5.88. The van der Waals surface area contributed by atoms with E-state index in [1.165, 1.54) is 0 Å². The van der Waals surface area contributed by atoms with E-state index < -0.39 is 0 Å². The van der Waals surface area contributed by atoms with Crippen molar-refractivity contribution in [2.45, 2.75) is 0 Å². The van der Waals surface area contributed by atoms with Gasteiger partial charge >= 0.3 is 0 Å². The van der Waals surface area contributed by atoms with E-state index in [1.807, 2.05) is 42.1 Å². The number of rotatable bonds is 1. The second kappa shape index (κ2) is 3.23. The van der Waals surface area contributed by atoms with Gasteiger partial charge in [-0.05, 0) is 12.1 Å². The van der Waals surface area contributed by atoms with Crippen molar-refractivity contribution in [1.82, 2.24) is 9.55 Å². The molecule has 0 aliphatic heterocycles. The summed E-state index contributed by atoms with van der Waals surface area (Å²) in [7, 11) is 1.96. The average molecular weight is 193 g/mol. The van der Waals surface area contributed by atoms with E-state index in [2.05, 4.69) is 4.98 Å². The van der Waals surface area contributed by atoms with Gasteiger partial charge in [0, 0.05) is 17.6 Å². The number of nitrogens with zero attached hydrogens (tertiary/aromatic N) is 2. The molecule has 0 bridgehead atoms. The maximum Gasteiger partial charge on any atom is 0.0948 e. The van der Waals surface area contributed by atoms with Crippen LogP contribution in [0, 0.1) is 0 Å². The third-order valence-electron chi connectivity index (χ3n) is 1.94. The lowest BCUT2D eigenvalue weighted by Gasteiger charge is -2.01. The molecule has 0 saturated carbocycles. The molecule has 2 aromatic rings. The van der Waals surface area contributed by atoms with Crippen LogP contribution in [0.25, 0.3) is 11.3 Å². The van der Waals surface area contributed by atoms with Crippen molar-refractivity contribution >= 4 is 11.6 Å². The van der Waals surface area contributed by atoms with Crippen molar-refractivity contribution in [3.8, 4) is 11.3 Å². The Balaban J connectivity index is 2.53. The van der Waals surface area contributed by atoms with E-state index in [1.54, 1.807) is 6.33 Å². The Kier molecular flexibility index (Phi) is 2.07. The van der Waals surface area contributed by atoms with Gasteiger partial charge in [0.15, 0.2) is 0 Å². The molecule has 3 heteroatoms. The van der Waals surface area contributed by atoms with Gasteiger partial charge in [-0.2, -0.15) is 0 Å². The molecule has 0 N–H and O–H groups in total. The first-order chi connectivity index (χ1) is 6.27. The van der Waals surface area contributed by atoms with E-state index in [-0.39, 0.29) is 0 Å². The normalized spacial score (nSPS) is 10.3. The molecule has 1 aromatic carbocycles. The molecule has 2 rings (SSSR count). The van der Waals surface area contributed by atoms with Crippen LogP contribution in [-0.2, 0) is 7.05 Å². The standard InChI is InChI=1S/C10H9ClN2/c1-13-7-12-6-10(13)8-3-2-4-9(11)5-8/h2-7H,1H3. The molecule has 2 nitrogen and oxygen atoms in total. The van der Waals surface area contributed by atoms with Crippen molar-refractivity contribution in [3.05, 3.63) is 41.8 Å². The zero-order valence-electron chi connectivity index (χ0n) is 7.24. The van der Waals surface area contributed by atoms with Crippen LogP contribution in [0.1, 0.15) is 0 Å². The number of imidazole rings is 1. The summed E-state index contributed by atoms with van der Waals surface area (Å²) < 4.78 is 1.96. The molecular formula is C10H9ClN2. The summed E-state index contributed by atoms with van der Waals surface area (Å²) >= 11 is 5.88. The molecule has 0 unspecified atom stereocenters. The van der Waals surface area contributed by atoms with Gasteiger partial charge in [-0.3, -0.25) is 0 Å². The molecule has 1 heterocycles. The second-order valence-corrected chi connectivity index (χ2v) is 3.34. The van der Waals surface area contributed by atoms with Crippen molar-refractivity contribution in [3.63, 3.8) is 0 Å². The summed E-state index contributed by atoms with van der Waals surface area (Å²) in [6.45, 7) is 0. The average Bonchev–Trinajstić information content (AvgIpc) is 2.51. The SMILES string of the molecule is Cn1cncc1-c1cccc(Cl)c1. The summed E-state index contributed by atoms with van der Waals surface area (Å²) in [5, 5.41) is 0.749. The summed E-state index contributed by atoms with van der Waals surface area (Å²) in [4.78, 5) is 4.05. The minimum Gasteiger partial charge on any atom is -0.334 e. The third kappa shape index (κ3) is 1.58. The highest BCUT2D eigenvalue weighted by molar-refractivity contribution is 6.30. The molecule has 0 aliphatic rings. The lowest BCUT2D eigenvalue weighted by atomic mass is 10.2. The number of halogens is 1. The predicted molar refractivity (Wildman–Crippen MR) is 53.7 cm³/mol. The van der Waals surface area contributed by atoms with Gasteiger partial charge in [-0.1, -0.05) is 23.7 Å². The molecule has 66 valence electrons. The van der Waals surface area contributed by atoms with Crippen LogP contribution >= 0.6 is 11.6 Å². The van der Waals surface area contributed by atoms with Crippen LogP contribution in [0.5, 0.6) is 0 Å². The van der Waals surface area contributed by atoms with Crippen LogP contribution in [0.4, 0.5) is 0 Å². The lowest BCUT2D eigenvalue weighted by molar-refractivity contribution is 0.921. The van der Waals surface area contributed by atoms with Gasteiger partial charge in [0.1, 0.15) is 0 Å². The molecule has 13 heavy (non-hydrogen) atoms. The van der Waals surface area contributed by atoms with E-state index in [4.69, 9.17) is 11.6 Å². The first kappa shape index (κ1) is 8.32. The van der Waals surface area contributed by atoms with Gasteiger partial charge in [-0.25, -0.2) is 4.98 Å². The Morgan fingerprint density at radius 1 is 1.38 bits per heavy atom. The van der Waals surface area contributed by atoms with Crippen molar-refractivity contribution < 1.29 is 0 Å². The first-order valence-corrected chi connectivity index (χ1v) is 4.37. The molecule has 0 atom stereocenters. The van der Waals surface area contributed by atoms with E-state index in [0.717, 1.165) is 16.3 Å². The fraction of sp³-hybridized carbons (Fsp3) is 0.100. The fourth-order valence-electron chi connectivity index (χ4n) is 1.28. The Bertz CT molecular complexity index is 420. The number of hydrogen-bond donors (Lipinski definition) is 0. The summed E-state index contributed by atoms with van der Waals surface area (Å²) in [5.74, 6) is 0. The highest BCUT2D eigenvalue weighted by Gasteiger charge is 2.01. The minimum absolute atomic E-state index is 0.749. The Hall–Kier alpha value is -1.28. The van der Waals surface area contributed by atoms with Crippen molar-refractivity contribution in [2.24, 2.45) is 7.05 Å². The zero-order valence-corrected chi connectivity index (χ0v) is 7.99. The van der Waals surface area contributed by atoms with Crippen LogP contribution < -0.4 is 0 Å². The Labute approximate surface area is 81.8 Å². The van der Waals surface area contributed by atoms with E-state index >= 15 is 0 Å². The molecule has 0 saturated heterocycles. The second-order valence-electron chi connectivity index (χ2n) is 2.90. The van der Waals surface area contributed by atoms with Crippen LogP contribution in [0.3, 0.4) is 0 Å². The first-order valence-electron chi connectivity index (χ1n) is 3.99. The molecule has 0 amide bonds. The molecule has 0 spiro atoms. The molecule has 1 aromatic heterocycles. The number of hydrogen-bond acceptors (Lipinski definition) is 1. The molecule has 0 radical (unpaired) electrons. The van der Waals surface area contributed by atoms with E-state index in [9.17, 15) is 0 Å². The van der Waals surface area contributed by atoms with Gasteiger partial charge in [0.05, 0.1) is 18.2 Å². The predicted octanol–water partition coefficient (Wildman–Crippen LogP) is 2.74. The van der Waals surface area contributed by atoms with E-state index in [0.29, 0.717) is 0 Å². The zero-order chi connectivity index (χ0) is 9.26. The highest BCUT2D eigenvalue weighted by Crippen LogP contribution is 2.21. The third-order valence-corrected chi connectivity index (χ3v) is 2.17. The Morgan fingerprint density at radius 2 is 2.23 bits per heavy atom. The van der Waals surface area contributed by atoms with Gasteiger partial charge < -0.3 is 4.57 Å². The monoisotopic (exact) mass is 192 g/mol. The molecule has 0 fully saturated rings. The molecule has 0 aliphatic carbocycles. The van der Waals surface area contributed by atoms with Crippen LogP contribution in [-0.4, -0.2) is 9.55 Å². The molecular weight excluding hydrogens is 184 g/mol. The van der Waals surface area contributed by atoms with Crippen LogP contribution in [0.2, 0.25) is 5.02 Å².